The van der Waals surface area contributed by atoms with Crippen LogP contribution in [0.1, 0.15) is 31.2 Å². The van der Waals surface area contributed by atoms with Crippen LogP contribution in [0.25, 0.3) is 0 Å². The fourth-order valence-corrected chi connectivity index (χ4v) is 2.83. The monoisotopic (exact) mass is 272 g/mol. The fourth-order valence-electron chi connectivity index (χ4n) is 1.92. The number of aryl methyl sites for hydroxylation is 1. The van der Waals surface area contributed by atoms with Crippen LogP contribution in [-0.4, -0.2) is 20.7 Å². The van der Waals surface area contributed by atoms with Gasteiger partial charge >= 0.3 is 0 Å². The molecule has 1 aromatic carbocycles. The summed E-state index contributed by atoms with van der Waals surface area (Å²) in [4.78, 5) is 0.120. The van der Waals surface area contributed by atoms with Crippen LogP contribution in [0.15, 0.2) is 29.2 Å². The smallest absolute Gasteiger partial charge is 0.266 e. The van der Waals surface area contributed by atoms with E-state index in [2.05, 4.69) is 0 Å². The topological polar surface area (TPSA) is 43.4 Å². The summed E-state index contributed by atoms with van der Waals surface area (Å²) in [5.41, 5.74) is -0.228. The minimum absolute atomic E-state index is 0.0906. The maximum absolute atomic E-state index is 13.7. The molecule has 0 aliphatic heterocycles. The van der Waals surface area contributed by atoms with Crippen molar-refractivity contribution in [2.24, 2.45) is 0 Å². The first-order valence-corrected chi connectivity index (χ1v) is 7.47. The van der Waals surface area contributed by atoms with E-state index in [0.29, 0.717) is 12.8 Å². The molecule has 3 nitrogen and oxygen atoms in total. The normalized spacial score (nSPS) is 18.3. The van der Waals surface area contributed by atoms with Crippen LogP contribution < -0.4 is 0 Å². The van der Waals surface area contributed by atoms with Crippen LogP contribution in [-0.2, 0) is 14.3 Å². The van der Waals surface area contributed by atoms with Gasteiger partial charge in [-0.1, -0.05) is 17.7 Å². The third kappa shape index (κ3) is 3.09. The molecule has 0 N–H and O–H groups in total. The average molecular weight is 272 g/mol. The Morgan fingerprint density at radius 1 is 1.28 bits per heavy atom. The maximum atomic E-state index is 13.7. The quantitative estimate of drug-likeness (QED) is 0.774. The number of hydrogen-bond acceptors (Lipinski definition) is 3. The molecule has 0 saturated heterocycles. The van der Waals surface area contributed by atoms with Gasteiger partial charge in [-0.25, -0.2) is 4.39 Å². The predicted molar refractivity (Wildman–Crippen MR) is 66.6 cm³/mol. The average Bonchev–Trinajstić information content (AvgIpc) is 2.27. The van der Waals surface area contributed by atoms with Crippen molar-refractivity contribution in [3.8, 4) is 0 Å². The molecule has 0 radical (unpaired) electrons. The molecule has 1 saturated carbocycles. The van der Waals surface area contributed by atoms with Crippen LogP contribution in [0.3, 0.4) is 0 Å². The Balaban J connectivity index is 1.93. The van der Waals surface area contributed by atoms with Crippen molar-refractivity contribution in [3.05, 3.63) is 29.8 Å². The van der Waals surface area contributed by atoms with E-state index in [1.165, 1.54) is 12.1 Å². The highest BCUT2D eigenvalue weighted by molar-refractivity contribution is 7.86. The SMILES string of the molecule is Cc1ccc(S(=O)(=O)OCCC2(F)CCC2)cc1. The van der Waals surface area contributed by atoms with Gasteiger partial charge in [-0.15, -0.1) is 0 Å². The van der Waals surface area contributed by atoms with Crippen molar-refractivity contribution in [3.63, 3.8) is 0 Å². The number of alkyl halides is 1. The summed E-state index contributed by atoms with van der Waals surface area (Å²) < 4.78 is 42.1. The second kappa shape index (κ2) is 4.97. The molecule has 5 heteroatoms. The molecule has 0 atom stereocenters. The minimum atomic E-state index is -3.75. The van der Waals surface area contributed by atoms with Gasteiger partial charge in [-0.3, -0.25) is 4.18 Å². The van der Waals surface area contributed by atoms with Gasteiger partial charge in [0.2, 0.25) is 0 Å². The molecule has 0 heterocycles. The Morgan fingerprint density at radius 2 is 1.89 bits per heavy atom. The lowest BCUT2D eigenvalue weighted by Gasteiger charge is -2.33. The molecule has 1 fully saturated rings. The summed E-state index contributed by atoms with van der Waals surface area (Å²) in [5.74, 6) is 0. The zero-order chi connectivity index (χ0) is 13.2. The van der Waals surface area contributed by atoms with Gasteiger partial charge in [-0.2, -0.15) is 8.42 Å². The Morgan fingerprint density at radius 3 is 2.39 bits per heavy atom. The van der Waals surface area contributed by atoms with E-state index in [4.69, 9.17) is 4.18 Å². The second-order valence-corrected chi connectivity index (χ2v) is 6.46. The lowest BCUT2D eigenvalue weighted by Crippen LogP contribution is -2.33. The molecular weight excluding hydrogens is 255 g/mol. The predicted octanol–water partition coefficient (Wildman–Crippen LogP) is 2.98. The number of hydrogen-bond donors (Lipinski definition) is 0. The highest BCUT2D eigenvalue weighted by Gasteiger charge is 2.36. The van der Waals surface area contributed by atoms with Gasteiger partial charge in [0, 0.05) is 6.42 Å². The standard InChI is InChI=1S/C13H17FO3S/c1-11-3-5-12(6-4-11)18(15,16)17-10-9-13(14)7-2-8-13/h3-6H,2,7-10H2,1H3. The zero-order valence-corrected chi connectivity index (χ0v) is 11.2. The van der Waals surface area contributed by atoms with E-state index in [1.54, 1.807) is 12.1 Å². The van der Waals surface area contributed by atoms with Crippen LogP contribution in [0.5, 0.6) is 0 Å². The molecule has 0 spiro atoms. The van der Waals surface area contributed by atoms with E-state index in [1.807, 2.05) is 6.92 Å². The third-order valence-corrected chi connectivity index (χ3v) is 4.67. The molecule has 0 unspecified atom stereocenters. The lowest BCUT2D eigenvalue weighted by molar-refractivity contribution is 0.0399. The summed E-state index contributed by atoms with van der Waals surface area (Å²) in [6, 6.07) is 6.41. The van der Waals surface area contributed by atoms with Gasteiger partial charge in [-0.05, 0) is 38.3 Å². The van der Waals surface area contributed by atoms with E-state index < -0.39 is 15.8 Å². The largest absolute Gasteiger partial charge is 0.296 e. The Labute approximate surface area is 107 Å². The first-order chi connectivity index (χ1) is 8.41. The summed E-state index contributed by atoms with van der Waals surface area (Å²) in [6.45, 7) is 1.79. The van der Waals surface area contributed by atoms with E-state index in [9.17, 15) is 12.8 Å². The summed E-state index contributed by atoms with van der Waals surface area (Å²) in [5, 5.41) is 0. The van der Waals surface area contributed by atoms with Crippen molar-refractivity contribution in [2.45, 2.75) is 43.2 Å². The van der Waals surface area contributed by atoms with Crippen LogP contribution in [0.2, 0.25) is 0 Å². The minimum Gasteiger partial charge on any atom is -0.266 e. The van der Waals surface area contributed by atoms with E-state index in [0.717, 1.165) is 12.0 Å². The molecule has 100 valence electrons. The van der Waals surface area contributed by atoms with Crippen LogP contribution in [0.4, 0.5) is 4.39 Å². The zero-order valence-electron chi connectivity index (χ0n) is 10.4. The van der Waals surface area contributed by atoms with Crippen molar-refractivity contribution in [1.82, 2.24) is 0 Å². The van der Waals surface area contributed by atoms with Crippen molar-refractivity contribution < 1.29 is 17.0 Å². The molecule has 2 rings (SSSR count). The highest BCUT2D eigenvalue weighted by Crippen LogP contribution is 2.38. The molecule has 18 heavy (non-hydrogen) atoms. The van der Waals surface area contributed by atoms with Crippen LogP contribution in [0, 0.1) is 6.92 Å². The Hall–Kier alpha value is -0.940. The number of rotatable bonds is 5. The fraction of sp³-hybridized carbons (Fsp3) is 0.538. The second-order valence-electron chi connectivity index (χ2n) is 4.84. The first-order valence-electron chi connectivity index (χ1n) is 6.06. The van der Waals surface area contributed by atoms with Gasteiger partial charge in [0.1, 0.15) is 5.67 Å². The molecular formula is C13H17FO3S. The lowest BCUT2D eigenvalue weighted by atomic mass is 9.80. The highest BCUT2D eigenvalue weighted by atomic mass is 32.2. The van der Waals surface area contributed by atoms with Crippen LogP contribution >= 0.6 is 0 Å². The van der Waals surface area contributed by atoms with Crippen molar-refractivity contribution >= 4 is 10.1 Å². The molecule has 0 aromatic heterocycles. The number of benzene rings is 1. The summed E-state index contributed by atoms with van der Waals surface area (Å²) in [6.07, 6.45) is 2.06. The Bertz CT molecular complexity index is 504. The van der Waals surface area contributed by atoms with E-state index >= 15 is 0 Å². The molecule has 0 bridgehead atoms. The van der Waals surface area contributed by atoms with Gasteiger partial charge < -0.3 is 0 Å². The number of halogens is 1. The van der Waals surface area contributed by atoms with Gasteiger partial charge in [0.15, 0.2) is 0 Å². The summed E-state index contributed by atoms with van der Waals surface area (Å²) in [7, 11) is -3.75. The summed E-state index contributed by atoms with van der Waals surface area (Å²) >= 11 is 0. The molecule has 1 aliphatic carbocycles. The third-order valence-electron chi connectivity index (χ3n) is 3.35. The molecule has 1 aliphatic rings. The molecule has 0 amide bonds. The Kier molecular flexibility index (Phi) is 3.73. The van der Waals surface area contributed by atoms with E-state index in [-0.39, 0.29) is 17.9 Å². The molecule has 1 aromatic rings. The van der Waals surface area contributed by atoms with Gasteiger partial charge in [0.05, 0.1) is 11.5 Å². The van der Waals surface area contributed by atoms with Crippen molar-refractivity contribution in [2.75, 3.05) is 6.61 Å². The van der Waals surface area contributed by atoms with Gasteiger partial charge in [0.25, 0.3) is 10.1 Å². The first kappa shape index (κ1) is 13.5. The van der Waals surface area contributed by atoms with Crippen molar-refractivity contribution in [1.29, 1.82) is 0 Å². The maximum Gasteiger partial charge on any atom is 0.296 e.